The van der Waals surface area contributed by atoms with Crippen molar-refractivity contribution in [2.24, 2.45) is 10.8 Å². The predicted octanol–water partition coefficient (Wildman–Crippen LogP) is 15.6. The van der Waals surface area contributed by atoms with Crippen molar-refractivity contribution in [2.45, 2.75) is 138 Å². The Morgan fingerprint density at radius 1 is 0.442 bits per heavy atom. The van der Waals surface area contributed by atoms with Crippen LogP contribution in [0.1, 0.15) is 113 Å². The molecule has 0 aliphatic rings. The normalized spacial score (nSPS) is 12.5. The summed E-state index contributed by atoms with van der Waals surface area (Å²) < 4.78 is 0. The van der Waals surface area contributed by atoms with Crippen molar-refractivity contribution < 1.29 is 61.6 Å². The van der Waals surface area contributed by atoms with Gasteiger partial charge in [0.15, 0.2) is 0 Å². The SMILES string of the molecule is CC(C)(C)C(O)CC(O)C(C)(C)C.CCCCCCCCC(O)CC(C)O.[Ir].[Pt].[c-]1ccccc1-c1ncc(-c2ccccc2)nc1-c1ccccc1.[c-]1ccccc1-c1ncc(-c2ccccc2)nc1-c1ccccc1. The smallest absolute Gasteiger partial charge is 0.0873 e. The number of benzene rings is 6. The molecule has 0 aliphatic heterocycles. The maximum absolute atomic E-state index is 9.76. The van der Waals surface area contributed by atoms with Crippen molar-refractivity contribution in [3.8, 4) is 67.5 Å². The van der Waals surface area contributed by atoms with Gasteiger partial charge in [0.05, 0.1) is 47.2 Å². The van der Waals surface area contributed by atoms with Crippen LogP contribution >= 0.6 is 0 Å². The molecule has 1 radical (unpaired) electrons. The monoisotopic (exact) mass is 1390 g/mol. The van der Waals surface area contributed by atoms with Crippen LogP contribution < -0.4 is 0 Å². The summed E-state index contributed by atoms with van der Waals surface area (Å²) in [5.74, 6) is 0. The first-order chi connectivity index (χ1) is 36.0. The minimum Gasteiger partial charge on any atom is -0.393 e. The van der Waals surface area contributed by atoms with Crippen molar-refractivity contribution >= 4 is 0 Å². The Hall–Kier alpha value is -5.34. The second-order valence-corrected chi connectivity index (χ2v) is 21.2. The fraction of sp³-hybridized carbons (Fsp3) is 0.343. The van der Waals surface area contributed by atoms with E-state index < -0.39 is 12.2 Å². The molecule has 77 heavy (non-hydrogen) atoms. The molecule has 0 saturated carbocycles. The van der Waals surface area contributed by atoms with Crippen molar-refractivity contribution in [2.75, 3.05) is 0 Å². The molecular formula is C67H80IrN4O4Pt-2. The molecule has 4 N–H and O–H groups in total. The van der Waals surface area contributed by atoms with Gasteiger partial charge in [-0.2, -0.15) is 0 Å². The third-order valence-electron chi connectivity index (χ3n) is 12.7. The molecule has 413 valence electrons. The maximum Gasteiger partial charge on any atom is 0.0873 e. The summed E-state index contributed by atoms with van der Waals surface area (Å²) in [5, 5.41) is 38.0. The van der Waals surface area contributed by atoms with Crippen molar-refractivity contribution in [1.29, 1.82) is 0 Å². The van der Waals surface area contributed by atoms with Crippen LogP contribution in [0.4, 0.5) is 0 Å². The molecule has 2 aromatic heterocycles. The zero-order valence-electron chi connectivity index (χ0n) is 46.2. The topological polar surface area (TPSA) is 132 Å². The van der Waals surface area contributed by atoms with Gasteiger partial charge in [0, 0.05) is 82.5 Å². The fourth-order valence-corrected chi connectivity index (χ4v) is 7.93. The molecule has 8 rings (SSSR count). The van der Waals surface area contributed by atoms with E-state index in [0.717, 1.165) is 80.4 Å². The quantitative estimate of drug-likeness (QED) is 0.0523. The van der Waals surface area contributed by atoms with Crippen LogP contribution in [0.3, 0.4) is 0 Å². The molecule has 6 aromatic carbocycles. The van der Waals surface area contributed by atoms with Gasteiger partial charge in [-0.1, -0.05) is 208 Å². The van der Waals surface area contributed by atoms with Crippen LogP contribution in [0.25, 0.3) is 67.5 Å². The van der Waals surface area contributed by atoms with E-state index in [1.165, 1.54) is 32.1 Å². The van der Waals surface area contributed by atoms with Crippen molar-refractivity contribution in [3.05, 3.63) is 194 Å². The summed E-state index contributed by atoms with van der Waals surface area (Å²) in [4.78, 5) is 19.2. The van der Waals surface area contributed by atoms with Gasteiger partial charge in [0.1, 0.15) is 0 Å². The van der Waals surface area contributed by atoms with Crippen molar-refractivity contribution in [3.63, 3.8) is 0 Å². The van der Waals surface area contributed by atoms with E-state index in [9.17, 15) is 15.3 Å². The van der Waals surface area contributed by atoms with Gasteiger partial charge in [0.2, 0.25) is 0 Å². The Morgan fingerprint density at radius 3 is 1.13 bits per heavy atom. The molecule has 4 atom stereocenters. The summed E-state index contributed by atoms with van der Waals surface area (Å²) in [6, 6.07) is 62.8. The molecule has 0 bridgehead atoms. The van der Waals surface area contributed by atoms with Crippen LogP contribution in [0, 0.1) is 23.0 Å². The van der Waals surface area contributed by atoms with Gasteiger partial charge < -0.3 is 30.4 Å². The standard InChI is InChI=1S/2C22H15N2.C12H26O2.C11H24O2.Ir.Pt/c2*1-4-10-17(11-5-1)20-16-23-21(18-12-6-2-7-13-18)22(24-20)19-14-8-3-9-15-19;1-3-4-5-6-7-8-9-12(14)10-11(2)13;1-10(2,3)8(12)7-9(13)11(4,5)6;;/h2*1-12,14-16H;11-14H,3-10H2,1-2H3;8-9,12-13H,7H2,1-6H3;;/q2*-1;;;;. The molecule has 0 fully saturated rings. The third-order valence-corrected chi connectivity index (χ3v) is 12.7. The Morgan fingerprint density at radius 2 is 0.792 bits per heavy atom. The number of unbranched alkanes of at least 4 members (excludes halogenated alkanes) is 5. The van der Waals surface area contributed by atoms with Gasteiger partial charge in [-0.3, -0.25) is 9.97 Å². The van der Waals surface area contributed by atoms with E-state index in [0.29, 0.717) is 12.8 Å². The minimum atomic E-state index is -0.443. The zero-order chi connectivity index (χ0) is 54.1. The third kappa shape index (κ3) is 22.9. The molecule has 0 amide bonds. The van der Waals surface area contributed by atoms with Crippen LogP contribution in [0.5, 0.6) is 0 Å². The van der Waals surface area contributed by atoms with E-state index in [1.54, 1.807) is 6.92 Å². The largest absolute Gasteiger partial charge is 0.393 e. The average Bonchev–Trinajstić information content (AvgIpc) is 3.43. The number of nitrogens with zero attached hydrogens (tertiary/aromatic N) is 4. The van der Waals surface area contributed by atoms with Gasteiger partial charge in [0.25, 0.3) is 0 Å². The Kier molecular flexibility index (Phi) is 29.6. The second kappa shape index (κ2) is 34.5. The van der Waals surface area contributed by atoms with E-state index >= 15 is 0 Å². The summed E-state index contributed by atoms with van der Waals surface area (Å²) in [5.41, 5.74) is 11.0. The molecular weight excluding hydrogens is 1310 g/mol. The van der Waals surface area contributed by atoms with Crippen LogP contribution in [0.2, 0.25) is 0 Å². The summed E-state index contributed by atoms with van der Waals surface area (Å²) >= 11 is 0. The van der Waals surface area contributed by atoms with Gasteiger partial charge in [-0.25, -0.2) is 0 Å². The first-order valence-electron chi connectivity index (χ1n) is 26.7. The molecule has 4 unspecified atom stereocenters. The molecule has 8 nitrogen and oxygen atoms in total. The number of aliphatic hydroxyl groups excluding tert-OH is 4. The number of aromatic nitrogens is 4. The minimum absolute atomic E-state index is 0. The summed E-state index contributed by atoms with van der Waals surface area (Å²) in [6.45, 7) is 15.8. The van der Waals surface area contributed by atoms with Crippen LogP contribution in [-0.2, 0) is 41.2 Å². The molecule has 0 spiro atoms. The number of hydrogen-bond acceptors (Lipinski definition) is 8. The number of rotatable bonds is 17. The van der Waals surface area contributed by atoms with Crippen LogP contribution in [-0.4, -0.2) is 64.8 Å². The average molecular weight is 1390 g/mol. The molecule has 10 heteroatoms. The van der Waals surface area contributed by atoms with Gasteiger partial charge in [-0.05, 0) is 41.7 Å². The van der Waals surface area contributed by atoms with E-state index in [-0.39, 0.29) is 64.2 Å². The number of hydrogen-bond donors (Lipinski definition) is 4. The first kappa shape index (κ1) is 65.9. The molecule has 0 saturated heterocycles. The molecule has 0 aliphatic carbocycles. The maximum atomic E-state index is 9.76. The van der Waals surface area contributed by atoms with E-state index in [4.69, 9.17) is 25.0 Å². The fourth-order valence-electron chi connectivity index (χ4n) is 7.93. The Bertz CT molecular complexity index is 2620. The van der Waals surface area contributed by atoms with Crippen molar-refractivity contribution in [1.82, 2.24) is 19.9 Å². The van der Waals surface area contributed by atoms with E-state index in [2.05, 4.69) is 43.3 Å². The van der Waals surface area contributed by atoms with Gasteiger partial charge >= 0.3 is 0 Å². The summed E-state index contributed by atoms with van der Waals surface area (Å²) in [7, 11) is 0. The number of aliphatic hydroxyl groups is 4. The van der Waals surface area contributed by atoms with Gasteiger partial charge in [-0.15, -0.1) is 71.8 Å². The predicted molar refractivity (Wildman–Crippen MR) is 310 cm³/mol. The zero-order valence-corrected chi connectivity index (χ0v) is 50.9. The molecule has 8 aromatic rings. The summed E-state index contributed by atoms with van der Waals surface area (Å²) in [6.07, 6.45) is 11.5. The Labute approximate surface area is 488 Å². The van der Waals surface area contributed by atoms with E-state index in [1.807, 2.05) is 200 Å². The Balaban J connectivity index is 0.000000279. The van der Waals surface area contributed by atoms with Crippen LogP contribution in [0.15, 0.2) is 182 Å². The molecule has 2 heterocycles. The first-order valence-corrected chi connectivity index (χ1v) is 26.7. The second-order valence-electron chi connectivity index (χ2n) is 21.2.